The van der Waals surface area contributed by atoms with E-state index in [1.54, 1.807) is 6.92 Å². The lowest BCUT2D eigenvalue weighted by Gasteiger charge is -2.13. The summed E-state index contributed by atoms with van der Waals surface area (Å²) < 4.78 is 0. The molecule has 0 amide bonds. The van der Waals surface area contributed by atoms with Gasteiger partial charge in [-0.2, -0.15) is 0 Å². The molecular weight excluding hydrogens is 138 g/mol. The van der Waals surface area contributed by atoms with Crippen LogP contribution in [0.2, 0.25) is 0 Å². The van der Waals surface area contributed by atoms with Gasteiger partial charge in [0.2, 0.25) is 0 Å². The Hall–Kier alpha value is -0.790. The fourth-order valence-electron chi connectivity index (χ4n) is 0.695. The molecule has 0 bridgehead atoms. The maximum atomic E-state index is 9.38. The zero-order valence-electron chi connectivity index (χ0n) is 7.68. The Balaban J connectivity index is 4.23. The fraction of sp³-hybridized carbons (Fsp3) is 0.667. The van der Waals surface area contributed by atoms with Crippen LogP contribution in [0.5, 0.6) is 0 Å². The molecule has 1 atom stereocenters. The SMILES string of the molecule is CC(=N)/C=C(\O)C(C)C(C)C. The predicted molar refractivity (Wildman–Crippen MR) is 48.1 cm³/mol. The second-order valence-corrected chi connectivity index (χ2v) is 3.28. The summed E-state index contributed by atoms with van der Waals surface area (Å²) in [6, 6.07) is 0. The molecule has 0 saturated heterocycles. The first-order valence-electron chi connectivity index (χ1n) is 3.91. The van der Waals surface area contributed by atoms with Gasteiger partial charge < -0.3 is 10.5 Å². The van der Waals surface area contributed by atoms with Gasteiger partial charge in [0.1, 0.15) is 0 Å². The molecule has 0 spiro atoms. The molecule has 0 aromatic carbocycles. The summed E-state index contributed by atoms with van der Waals surface area (Å²) in [5.74, 6) is 0.883. The molecule has 0 saturated carbocycles. The van der Waals surface area contributed by atoms with E-state index in [4.69, 9.17) is 5.41 Å². The molecule has 64 valence electrons. The van der Waals surface area contributed by atoms with Gasteiger partial charge in [-0.1, -0.05) is 20.8 Å². The first kappa shape index (κ1) is 10.2. The van der Waals surface area contributed by atoms with Crippen LogP contribution in [-0.2, 0) is 0 Å². The second-order valence-electron chi connectivity index (χ2n) is 3.28. The fourth-order valence-corrected chi connectivity index (χ4v) is 0.695. The molecule has 0 aliphatic carbocycles. The molecule has 11 heavy (non-hydrogen) atoms. The number of allylic oxidation sites excluding steroid dienone is 2. The van der Waals surface area contributed by atoms with E-state index in [9.17, 15) is 5.11 Å². The summed E-state index contributed by atoms with van der Waals surface area (Å²) in [5, 5.41) is 16.5. The van der Waals surface area contributed by atoms with Crippen molar-refractivity contribution in [2.75, 3.05) is 0 Å². The van der Waals surface area contributed by atoms with E-state index >= 15 is 0 Å². The Morgan fingerprint density at radius 3 is 2.09 bits per heavy atom. The van der Waals surface area contributed by atoms with E-state index in [0.717, 1.165) is 0 Å². The van der Waals surface area contributed by atoms with Gasteiger partial charge in [-0.15, -0.1) is 0 Å². The van der Waals surface area contributed by atoms with Crippen LogP contribution in [0, 0.1) is 17.2 Å². The van der Waals surface area contributed by atoms with E-state index in [1.807, 2.05) is 20.8 Å². The lowest BCUT2D eigenvalue weighted by Crippen LogP contribution is -2.07. The first-order valence-corrected chi connectivity index (χ1v) is 3.91. The quantitative estimate of drug-likeness (QED) is 0.477. The van der Waals surface area contributed by atoms with Gasteiger partial charge in [0.05, 0.1) is 5.76 Å². The highest BCUT2D eigenvalue weighted by Crippen LogP contribution is 2.16. The monoisotopic (exact) mass is 155 g/mol. The van der Waals surface area contributed by atoms with Gasteiger partial charge in [-0.25, -0.2) is 0 Å². The van der Waals surface area contributed by atoms with Crippen molar-refractivity contribution >= 4 is 5.71 Å². The van der Waals surface area contributed by atoms with Crippen LogP contribution in [0.15, 0.2) is 11.8 Å². The second kappa shape index (κ2) is 4.16. The van der Waals surface area contributed by atoms with Crippen molar-refractivity contribution in [3.8, 4) is 0 Å². The lowest BCUT2D eigenvalue weighted by atomic mass is 9.95. The molecule has 0 aliphatic heterocycles. The van der Waals surface area contributed by atoms with Crippen LogP contribution in [0.25, 0.3) is 0 Å². The predicted octanol–water partition coefficient (Wildman–Crippen LogP) is 2.76. The molecule has 2 nitrogen and oxygen atoms in total. The minimum atomic E-state index is 0.148. The highest BCUT2D eigenvalue weighted by atomic mass is 16.3. The number of aliphatic hydroxyl groups excluding tert-OH is 1. The third-order valence-corrected chi connectivity index (χ3v) is 1.83. The molecule has 0 radical (unpaired) electrons. The maximum absolute atomic E-state index is 9.38. The van der Waals surface area contributed by atoms with Crippen LogP contribution < -0.4 is 0 Å². The summed E-state index contributed by atoms with van der Waals surface area (Å²) in [4.78, 5) is 0. The van der Waals surface area contributed by atoms with Crippen LogP contribution in [0.1, 0.15) is 27.7 Å². The number of rotatable bonds is 3. The molecule has 0 fully saturated rings. The molecule has 0 aromatic heterocycles. The van der Waals surface area contributed by atoms with Gasteiger partial charge in [-0.3, -0.25) is 0 Å². The Kier molecular flexibility index (Phi) is 3.86. The standard InChI is InChI=1S/C9H17NO/c1-6(2)8(4)9(11)5-7(3)10/h5-6,8,10-11H,1-4H3/b9-5-,10-7?. The Bertz CT molecular complexity index is 170. The van der Waals surface area contributed by atoms with Crippen LogP contribution in [0.3, 0.4) is 0 Å². The molecule has 0 aliphatic rings. The van der Waals surface area contributed by atoms with Crippen LogP contribution in [-0.4, -0.2) is 10.8 Å². The van der Waals surface area contributed by atoms with Crippen LogP contribution in [0.4, 0.5) is 0 Å². The first-order chi connectivity index (χ1) is 4.95. The maximum Gasteiger partial charge on any atom is 0.0971 e. The number of nitrogens with one attached hydrogen (secondary N) is 1. The van der Waals surface area contributed by atoms with Gasteiger partial charge >= 0.3 is 0 Å². The number of aliphatic hydroxyl groups is 1. The lowest BCUT2D eigenvalue weighted by molar-refractivity contribution is 0.298. The van der Waals surface area contributed by atoms with Crippen molar-refractivity contribution in [3.05, 3.63) is 11.8 Å². The van der Waals surface area contributed by atoms with Crippen molar-refractivity contribution in [3.63, 3.8) is 0 Å². The summed E-state index contributed by atoms with van der Waals surface area (Å²) in [6.45, 7) is 7.71. The average molecular weight is 155 g/mol. The number of hydrogen-bond acceptors (Lipinski definition) is 2. The van der Waals surface area contributed by atoms with Gasteiger partial charge in [0, 0.05) is 11.6 Å². The highest BCUT2D eigenvalue weighted by molar-refractivity contribution is 5.90. The van der Waals surface area contributed by atoms with Gasteiger partial charge in [0.25, 0.3) is 0 Å². The topological polar surface area (TPSA) is 44.1 Å². The van der Waals surface area contributed by atoms with Gasteiger partial charge in [0.15, 0.2) is 0 Å². The normalized spacial score (nSPS) is 15.2. The summed E-state index contributed by atoms with van der Waals surface area (Å²) in [6.07, 6.45) is 1.50. The van der Waals surface area contributed by atoms with E-state index in [2.05, 4.69) is 0 Å². The van der Waals surface area contributed by atoms with Crippen molar-refractivity contribution in [1.82, 2.24) is 0 Å². The van der Waals surface area contributed by atoms with E-state index in [1.165, 1.54) is 6.08 Å². The van der Waals surface area contributed by atoms with E-state index in [-0.39, 0.29) is 5.92 Å². The molecule has 1 unspecified atom stereocenters. The Morgan fingerprint density at radius 2 is 1.82 bits per heavy atom. The van der Waals surface area contributed by atoms with Crippen molar-refractivity contribution in [2.24, 2.45) is 11.8 Å². The largest absolute Gasteiger partial charge is 0.512 e. The van der Waals surface area contributed by atoms with E-state index in [0.29, 0.717) is 17.4 Å². The Labute approximate surface area is 68.4 Å². The van der Waals surface area contributed by atoms with Crippen molar-refractivity contribution in [2.45, 2.75) is 27.7 Å². The van der Waals surface area contributed by atoms with Crippen molar-refractivity contribution in [1.29, 1.82) is 5.41 Å². The average Bonchev–Trinajstić information content (AvgIpc) is 1.84. The molecule has 0 rings (SSSR count). The summed E-state index contributed by atoms with van der Waals surface area (Å²) in [7, 11) is 0. The number of hydrogen-bond donors (Lipinski definition) is 2. The molecular formula is C9H17NO. The third-order valence-electron chi connectivity index (χ3n) is 1.83. The van der Waals surface area contributed by atoms with Gasteiger partial charge in [-0.05, 0) is 18.9 Å². The molecule has 0 aromatic rings. The van der Waals surface area contributed by atoms with E-state index < -0.39 is 0 Å². The summed E-state index contributed by atoms with van der Waals surface area (Å²) >= 11 is 0. The zero-order chi connectivity index (χ0) is 9.02. The minimum Gasteiger partial charge on any atom is -0.512 e. The highest BCUT2D eigenvalue weighted by Gasteiger charge is 2.10. The minimum absolute atomic E-state index is 0.148. The summed E-state index contributed by atoms with van der Waals surface area (Å²) in [5.41, 5.74) is 0.398. The molecule has 0 heterocycles. The third kappa shape index (κ3) is 3.81. The smallest absolute Gasteiger partial charge is 0.0971 e. The van der Waals surface area contributed by atoms with Crippen LogP contribution >= 0.6 is 0 Å². The van der Waals surface area contributed by atoms with Crippen molar-refractivity contribution < 1.29 is 5.11 Å². The zero-order valence-corrected chi connectivity index (χ0v) is 7.68. The molecule has 2 N–H and O–H groups in total. The molecule has 2 heteroatoms. The Morgan fingerprint density at radius 1 is 1.36 bits per heavy atom.